The predicted molar refractivity (Wildman–Crippen MR) is 123 cm³/mol. The van der Waals surface area contributed by atoms with Crippen LogP contribution in [0.15, 0.2) is 96.1 Å². The Bertz CT molecular complexity index is 1250. The Kier molecular flexibility index (Phi) is 5.10. The number of carbonyl (C=O) groups is 1. The number of amides is 1. The van der Waals surface area contributed by atoms with Gasteiger partial charge in [-0.1, -0.05) is 72.3 Å². The summed E-state index contributed by atoms with van der Waals surface area (Å²) in [6.07, 6.45) is 2.29. The number of nitrogens with zero attached hydrogens (tertiary/aromatic N) is 3. The number of benzene rings is 3. The van der Waals surface area contributed by atoms with Gasteiger partial charge in [-0.25, -0.2) is 9.67 Å². The number of halogens is 1. The van der Waals surface area contributed by atoms with Crippen LogP contribution >= 0.6 is 11.6 Å². The standard InChI is InChI=1S/C25H19ClN4O/c26-19-11-13-20(14-12-19)28-25(31)21-16-27-30-23(18-9-5-2-6-10-18)15-22(29-24(21)30)17-7-3-1-4-8-17/h1-14,16,23H,15H2,(H,28,31). The number of hydrogen-bond donors (Lipinski definition) is 1. The third kappa shape index (κ3) is 3.88. The number of nitrogens with one attached hydrogen (secondary N) is 1. The summed E-state index contributed by atoms with van der Waals surface area (Å²) in [7, 11) is 0. The Hall–Kier alpha value is -3.70. The molecule has 4 aromatic rings. The molecule has 1 unspecified atom stereocenters. The molecule has 1 aliphatic heterocycles. The Morgan fingerprint density at radius 3 is 2.32 bits per heavy atom. The van der Waals surface area contributed by atoms with E-state index in [1.54, 1.807) is 30.5 Å². The number of hydrogen-bond acceptors (Lipinski definition) is 3. The lowest BCUT2D eigenvalue weighted by atomic mass is 9.96. The number of carbonyl (C=O) groups excluding carboxylic acids is 1. The van der Waals surface area contributed by atoms with E-state index in [1.807, 2.05) is 53.2 Å². The lowest BCUT2D eigenvalue weighted by Gasteiger charge is -2.25. The molecule has 0 saturated heterocycles. The van der Waals surface area contributed by atoms with E-state index in [4.69, 9.17) is 16.6 Å². The summed E-state index contributed by atoms with van der Waals surface area (Å²) in [6, 6.07) is 27.2. The van der Waals surface area contributed by atoms with Gasteiger partial charge in [-0.15, -0.1) is 0 Å². The molecule has 3 aromatic carbocycles. The van der Waals surface area contributed by atoms with Crippen molar-refractivity contribution in [3.63, 3.8) is 0 Å². The Labute approximate surface area is 185 Å². The van der Waals surface area contributed by atoms with Crippen LogP contribution in [-0.4, -0.2) is 21.4 Å². The molecule has 1 aliphatic rings. The summed E-state index contributed by atoms with van der Waals surface area (Å²) in [5, 5.41) is 8.07. The van der Waals surface area contributed by atoms with E-state index in [0.717, 1.165) is 16.8 Å². The van der Waals surface area contributed by atoms with Gasteiger partial charge in [-0.05, 0) is 35.4 Å². The highest BCUT2D eigenvalue weighted by atomic mass is 35.5. The van der Waals surface area contributed by atoms with Crippen LogP contribution in [0.2, 0.25) is 5.02 Å². The van der Waals surface area contributed by atoms with E-state index in [9.17, 15) is 4.79 Å². The van der Waals surface area contributed by atoms with Crippen molar-refractivity contribution in [3.05, 3.63) is 113 Å². The molecular weight excluding hydrogens is 408 g/mol. The van der Waals surface area contributed by atoms with Crippen molar-refractivity contribution in [2.45, 2.75) is 12.5 Å². The van der Waals surface area contributed by atoms with Crippen LogP contribution in [0.1, 0.15) is 33.9 Å². The molecule has 0 bridgehead atoms. The Morgan fingerprint density at radius 1 is 0.935 bits per heavy atom. The van der Waals surface area contributed by atoms with Crippen LogP contribution in [-0.2, 0) is 0 Å². The molecule has 0 fully saturated rings. The monoisotopic (exact) mass is 426 g/mol. The van der Waals surface area contributed by atoms with Crippen molar-refractivity contribution < 1.29 is 4.79 Å². The first-order valence-corrected chi connectivity index (χ1v) is 10.4. The molecule has 0 aliphatic carbocycles. The summed E-state index contributed by atoms with van der Waals surface area (Å²) in [5.41, 5.74) is 4.20. The van der Waals surface area contributed by atoms with Gasteiger partial charge < -0.3 is 5.32 Å². The minimum absolute atomic E-state index is 0.0408. The molecule has 31 heavy (non-hydrogen) atoms. The average molecular weight is 427 g/mol. The highest BCUT2D eigenvalue weighted by Gasteiger charge is 2.29. The number of aromatic nitrogens is 2. The van der Waals surface area contributed by atoms with Gasteiger partial charge >= 0.3 is 0 Å². The van der Waals surface area contributed by atoms with Crippen LogP contribution < -0.4 is 5.32 Å². The fourth-order valence-electron chi connectivity index (χ4n) is 3.78. The molecule has 0 spiro atoms. The van der Waals surface area contributed by atoms with Crippen molar-refractivity contribution in [3.8, 4) is 0 Å². The molecule has 5 rings (SSSR count). The molecule has 152 valence electrons. The number of aliphatic imine (C=N–C) groups is 1. The van der Waals surface area contributed by atoms with Crippen molar-refractivity contribution in [2.24, 2.45) is 4.99 Å². The molecule has 1 aromatic heterocycles. The zero-order valence-corrected chi connectivity index (χ0v) is 17.3. The van der Waals surface area contributed by atoms with E-state index >= 15 is 0 Å². The molecule has 1 amide bonds. The largest absolute Gasteiger partial charge is 0.322 e. The van der Waals surface area contributed by atoms with Crippen LogP contribution in [0, 0.1) is 0 Å². The first-order valence-electron chi connectivity index (χ1n) is 10.0. The van der Waals surface area contributed by atoms with Gasteiger partial charge in [0.05, 0.1) is 18.0 Å². The Morgan fingerprint density at radius 2 is 1.61 bits per heavy atom. The van der Waals surface area contributed by atoms with Gasteiger partial charge in [-0.3, -0.25) is 4.79 Å². The Balaban J connectivity index is 1.56. The maximum absolute atomic E-state index is 13.1. The molecule has 0 saturated carbocycles. The SMILES string of the molecule is O=C(Nc1ccc(Cl)cc1)c1cnn2c1N=C(c1ccccc1)CC2c1ccccc1. The summed E-state index contributed by atoms with van der Waals surface area (Å²) in [5.74, 6) is 0.305. The predicted octanol–water partition coefficient (Wildman–Crippen LogP) is 5.90. The zero-order chi connectivity index (χ0) is 21.2. The van der Waals surface area contributed by atoms with Gasteiger partial charge in [0, 0.05) is 17.1 Å². The summed E-state index contributed by atoms with van der Waals surface area (Å²) >= 11 is 5.95. The second-order valence-corrected chi connectivity index (χ2v) is 7.78. The van der Waals surface area contributed by atoms with E-state index in [1.165, 1.54) is 0 Å². The zero-order valence-electron chi connectivity index (χ0n) is 16.6. The van der Waals surface area contributed by atoms with Gasteiger partial charge in [-0.2, -0.15) is 5.10 Å². The maximum Gasteiger partial charge on any atom is 0.261 e. The van der Waals surface area contributed by atoms with Crippen molar-refractivity contribution in [2.75, 3.05) is 5.32 Å². The topological polar surface area (TPSA) is 59.3 Å². The fraction of sp³-hybridized carbons (Fsp3) is 0.0800. The van der Waals surface area contributed by atoms with Gasteiger partial charge in [0.25, 0.3) is 5.91 Å². The van der Waals surface area contributed by atoms with Gasteiger partial charge in [0.15, 0.2) is 5.82 Å². The van der Waals surface area contributed by atoms with Crippen molar-refractivity contribution in [1.29, 1.82) is 0 Å². The van der Waals surface area contributed by atoms with Crippen LogP contribution in [0.5, 0.6) is 0 Å². The van der Waals surface area contributed by atoms with Crippen molar-refractivity contribution >= 4 is 34.7 Å². The van der Waals surface area contributed by atoms with E-state index in [2.05, 4.69) is 22.5 Å². The highest BCUT2D eigenvalue weighted by Crippen LogP contribution is 2.36. The van der Waals surface area contributed by atoms with E-state index in [-0.39, 0.29) is 11.9 Å². The molecule has 1 atom stereocenters. The highest BCUT2D eigenvalue weighted by molar-refractivity contribution is 6.30. The lowest BCUT2D eigenvalue weighted by molar-refractivity contribution is 0.102. The molecule has 2 heterocycles. The first kappa shape index (κ1) is 19.3. The number of anilines is 1. The van der Waals surface area contributed by atoms with Crippen molar-refractivity contribution in [1.82, 2.24) is 9.78 Å². The number of rotatable bonds is 4. The molecule has 6 heteroatoms. The quantitative estimate of drug-likeness (QED) is 0.441. The second kappa shape index (κ2) is 8.20. The fourth-order valence-corrected chi connectivity index (χ4v) is 3.90. The summed E-state index contributed by atoms with van der Waals surface area (Å²) in [6.45, 7) is 0. The molecule has 5 nitrogen and oxygen atoms in total. The first-order chi connectivity index (χ1) is 15.2. The smallest absolute Gasteiger partial charge is 0.261 e. The average Bonchev–Trinajstić information content (AvgIpc) is 3.25. The van der Waals surface area contributed by atoms with E-state index < -0.39 is 0 Å². The normalized spacial score (nSPS) is 15.1. The third-order valence-electron chi connectivity index (χ3n) is 5.33. The third-order valence-corrected chi connectivity index (χ3v) is 5.58. The van der Waals surface area contributed by atoms with Crippen LogP contribution in [0.3, 0.4) is 0 Å². The minimum atomic E-state index is -0.256. The second-order valence-electron chi connectivity index (χ2n) is 7.34. The summed E-state index contributed by atoms with van der Waals surface area (Å²) in [4.78, 5) is 17.9. The minimum Gasteiger partial charge on any atom is -0.322 e. The summed E-state index contributed by atoms with van der Waals surface area (Å²) < 4.78 is 1.85. The molecule has 1 N–H and O–H groups in total. The maximum atomic E-state index is 13.1. The van der Waals surface area contributed by atoms with Crippen LogP contribution in [0.4, 0.5) is 11.5 Å². The molecular formula is C25H19ClN4O. The van der Waals surface area contributed by atoms with Gasteiger partial charge in [0.1, 0.15) is 5.56 Å². The van der Waals surface area contributed by atoms with Gasteiger partial charge in [0.2, 0.25) is 0 Å². The van der Waals surface area contributed by atoms with Crippen LogP contribution in [0.25, 0.3) is 0 Å². The van der Waals surface area contributed by atoms with E-state index in [0.29, 0.717) is 28.5 Å². The number of fused-ring (bicyclic) bond motifs is 1. The molecule has 0 radical (unpaired) electrons. The lowest BCUT2D eigenvalue weighted by Crippen LogP contribution is -2.22.